The standard InChI is InChI=1S/C6H8Br2O2/c1-2-6(9)10-5(8)3-4-7/h2,5H,1,3-4H2. The summed E-state index contributed by atoms with van der Waals surface area (Å²) in [7, 11) is 0. The summed E-state index contributed by atoms with van der Waals surface area (Å²) >= 11 is 6.37. The third-order valence-electron chi connectivity index (χ3n) is 0.747. The Labute approximate surface area is 76.9 Å². The lowest BCUT2D eigenvalue weighted by Gasteiger charge is -2.06. The minimum atomic E-state index is -0.400. The van der Waals surface area contributed by atoms with Gasteiger partial charge in [-0.3, -0.25) is 0 Å². The lowest BCUT2D eigenvalue weighted by atomic mass is 10.5. The van der Waals surface area contributed by atoms with E-state index < -0.39 is 5.97 Å². The molecule has 0 aromatic heterocycles. The molecule has 0 aromatic rings. The van der Waals surface area contributed by atoms with E-state index in [2.05, 4.69) is 38.4 Å². The summed E-state index contributed by atoms with van der Waals surface area (Å²) in [4.78, 5) is 10.5. The lowest BCUT2D eigenvalue weighted by Crippen LogP contribution is -2.09. The fraction of sp³-hybridized carbons (Fsp3) is 0.500. The highest BCUT2D eigenvalue weighted by molar-refractivity contribution is 9.10. The van der Waals surface area contributed by atoms with E-state index in [-0.39, 0.29) is 5.01 Å². The highest BCUT2D eigenvalue weighted by Gasteiger charge is 2.05. The molecule has 0 radical (unpaired) electrons. The number of carbonyl (C=O) groups is 1. The van der Waals surface area contributed by atoms with Gasteiger partial charge in [-0.05, 0) is 15.9 Å². The molecule has 0 heterocycles. The second kappa shape index (κ2) is 5.92. The maximum absolute atomic E-state index is 10.5. The predicted molar refractivity (Wildman–Crippen MR) is 47.4 cm³/mol. The van der Waals surface area contributed by atoms with Crippen molar-refractivity contribution in [2.24, 2.45) is 0 Å². The zero-order valence-electron chi connectivity index (χ0n) is 5.35. The number of halogens is 2. The highest BCUT2D eigenvalue weighted by Crippen LogP contribution is 2.08. The Morgan fingerprint density at radius 3 is 2.80 bits per heavy atom. The van der Waals surface area contributed by atoms with Crippen molar-refractivity contribution in [2.45, 2.75) is 11.4 Å². The van der Waals surface area contributed by atoms with Crippen molar-refractivity contribution in [3.05, 3.63) is 12.7 Å². The van der Waals surface area contributed by atoms with Crippen LogP contribution in [0.2, 0.25) is 0 Å². The van der Waals surface area contributed by atoms with Crippen LogP contribution in [0.4, 0.5) is 0 Å². The lowest BCUT2D eigenvalue weighted by molar-refractivity contribution is -0.138. The van der Waals surface area contributed by atoms with Crippen LogP contribution in [0.3, 0.4) is 0 Å². The van der Waals surface area contributed by atoms with Crippen molar-refractivity contribution < 1.29 is 9.53 Å². The van der Waals surface area contributed by atoms with Gasteiger partial charge in [0, 0.05) is 17.8 Å². The van der Waals surface area contributed by atoms with E-state index in [0.29, 0.717) is 0 Å². The van der Waals surface area contributed by atoms with Crippen molar-refractivity contribution in [3.63, 3.8) is 0 Å². The van der Waals surface area contributed by atoms with E-state index in [9.17, 15) is 4.79 Å². The molecule has 0 saturated heterocycles. The van der Waals surface area contributed by atoms with Gasteiger partial charge in [-0.25, -0.2) is 4.79 Å². The van der Waals surface area contributed by atoms with Gasteiger partial charge in [0.2, 0.25) is 0 Å². The Kier molecular flexibility index (Phi) is 6.02. The summed E-state index contributed by atoms with van der Waals surface area (Å²) < 4.78 is 4.77. The Bertz CT molecular complexity index is 125. The van der Waals surface area contributed by atoms with Crippen LogP contribution in [0.25, 0.3) is 0 Å². The summed E-state index contributed by atoms with van der Waals surface area (Å²) in [6.07, 6.45) is 1.89. The molecule has 0 aromatic carbocycles. The van der Waals surface area contributed by atoms with Crippen molar-refractivity contribution in [1.82, 2.24) is 0 Å². The first-order valence-corrected chi connectivity index (χ1v) is 4.77. The molecule has 58 valence electrons. The maximum atomic E-state index is 10.5. The molecular formula is C6H8Br2O2. The Hall–Kier alpha value is 0.170. The molecule has 0 aliphatic carbocycles. The molecule has 0 aliphatic rings. The van der Waals surface area contributed by atoms with Gasteiger partial charge in [0.15, 0.2) is 5.01 Å². The maximum Gasteiger partial charge on any atom is 0.331 e. The van der Waals surface area contributed by atoms with Crippen LogP contribution in [0, 0.1) is 0 Å². The topological polar surface area (TPSA) is 26.3 Å². The van der Waals surface area contributed by atoms with Crippen LogP contribution in [-0.4, -0.2) is 16.3 Å². The molecule has 2 nitrogen and oxygen atoms in total. The molecule has 0 saturated carbocycles. The van der Waals surface area contributed by atoms with Crippen LogP contribution in [0.5, 0.6) is 0 Å². The minimum absolute atomic E-state index is 0.211. The monoisotopic (exact) mass is 270 g/mol. The van der Waals surface area contributed by atoms with E-state index in [1.54, 1.807) is 0 Å². The van der Waals surface area contributed by atoms with Crippen LogP contribution < -0.4 is 0 Å². The van der Waals surface area contributed by atoms with E-state index in [4.69, 9.17) is 4.74 Å². The summed E-state index contributed by atoms with van der Waals surface area (Å²) in [5.74, 6) is -0.400. The van der Waals surface area contributed by atoms with Crippen molar-refractivity contribution in [3.8, 4) is 0 Å². The molecule has 1 atom stereocenters. The summed E-state index contributed by atoms with van der Waals surface area (Å²) in [5, 5.41) is 0.588. The third kappa shape index (κ3) is 4.99. The second-order valence-electron chi connectivity index (χ2n) is 1.53. The first kappa shape index (κ1) is 10.2. The molecule has 0 spiro atoms. The van der Waals surface area contributed by atoms with E-state index in [1.807, 2.05) is 0 Å². The number of hydrogen-bond donors (Lipinski definition) is 0. The molecule has 0 aliphatic heterocycles. The predicted octanol–water partition coefficient (Wildman–Crippen LogP) is 2.22. The zero-order chi connectivity index (χ0) is 7.98. The van der Waals surface area contributed by atoms with Crippen LogP contribution in [0.15, 0.2) is 12.7 Å². The first-order valence-electron chi connectivity index (χ1n) is 2.73. The fourth-order valence-electron chi connectivity index (χ4n) is 0.319. The Morgan fingerprint density at radius 1 is 1.80 bits per heavy atom. The molecule has 1 unspecified atom stereocenters. The third-order valence-corrected chi connectivity index (χ3v) is 1.85. The Morgan fingerprint density at radius 2 is 2.40 bits per heavy atom. The number of hydrogen-bond acceptors (Lipinski definition) is 2. The second-order valence-corrected chi connectivity index (χ2v) is 3.34. The molecule has 0 amide bonds. The highest BCUT2D eigenvalue weighted by atomic mass is 79.9. The summed E-state index contributed by atoms with van der Waals surface area (Å²) in [6, 6.07) is 0. The van der Waals surface area contributed by atoms with Gasteiger partial charge in [0.05, 0.1) is 0 Å². The normalized spacial score (nSPS) is 12.2. The molecule has 0 N–H and O–H groups in total. The van der Waals surface area contributed by atoms with Crippen LogP contribution >= 0.6 is 31.9 Å². The first-order chi connectivity index (χ1) is 4.70. The number of rotatable bonds is 4. The quantitative estimate of drug-likeness (QED) is 0.445. The number of carbonyl (C=O) groups excluding carboxylic acids is 1. The van der Waals surface area contributed by atoms with E-state index >= 15 is 0 Å². The smallest absolute Gasteiger partial charge is 0.331 e. The van der Waals surface area contributed by atoms with Crippen molar-refractivity contribution in [2.75, 3.05) is 5.33 Å². The van der Waals surface area contributed by atoms with Gasteiger partial charge in [0.1, 0.15) is 0 Å². The molecule has 4 heteroatoms. The average Bonchev–Trinajstić information content (AvgIpc) is 1.88. The summed E-state index contributed by atoms with van der Waals surface area (Å²) in [5.41, 5.74) is 0. The minimum Gasteiger partial charge on any atom is -0.448 e. The van der Waals surface area contributed by atoms with Crippen molar-refractivity contribution >= 4 is 37.8 Å². The SMILES string of the molecule is C=CC(=O)OC(Br)CCBr. The molecule has 0 fully saturated rings. The fourth-order valence-corrected chi connectivity index (χ4v) is 1.76. The zero-order valence-corrected chi connectivity index (χ0v) is 8.52. The van der Waals surface area contributed by atoms with Gasteiger partial charge in [0.25, 0.3) is 0 Å². The van der Waals surface area contributed by atoms with E-state index in [0.717, 1.165) is 17.8 Å². The number of alkyl halides is 2. The van der Waals surface area contributed by atoms with Gasteiger partial charge in [-0.15, -0.1) is 0 Å². The number of esters is 1. The average molecular weight is 272 g/mol. The number of ether oxygens (including phenoxy) is 1. The Balaban J connectivity index is 3.46. The van der Waals surface area contributed by atoms with Gasteiger partial charge in [-0.1, -0.05) is 22.5 Å². The molecule has 10 heavy (non-hydrogen) atoms. The van der Waals surface area contributed by atoms with Crippen molar-refractivity contribution in [1.29, 1.82) is 0 Å². The van der Waals surface area contributed by atoms with Crippen LogP contribution in [-0.2, 0) is 9.53 Å². The largest absolute Gasteiger partial charge is 0.448 e. The molecule has 0 bridgehead atoms. The van der Waals surface area contributed by atoms with Gasteiger partial charge in [-0.2, -0.15) is 0 Å². The molecule has 0 rings (SSSR count). The van der Waals surface area contributed by atoms with Gasteiger partial charge >= 0.3 is 5.97 Å². The van der Waals surface area contributed by atoms with Gasteiger partial charge < -0.3 is 4.74 Å². The summed E-state index contributed by atoms with van der Waals surface area (Å²) in [6.45, 7) is 3.27. The van der Waals surface area contributed by atoms with Crippen LogP contribution in [0.1, 0.15) is 6.42 Å². The van der Waals surface area contributed by atoms with E-state index in [1.165, 1.54) is 0 Å². The molecular weight excluding hydrogens is 264 g/mol.